The molecule has 0 aliphatic carbocycles. The van der Waals surface area contributed by atoms with Crippen LogP contribution < -0.4 is 0 Å². The first-order chi connectivity index (χ1) is 11.0. The maximum atomic E-state index is 2.58. The van der Waals surface area contributed by atoms with Crippen LogP contribution in [0.1, 0.15) is 32.3 Å². The molecule has 1 saturated heterocycles. The largest absolute Gasteiger partial charge is 0.238 e. The summed E-state index contributed by atoms with van der Waals surface area (Å²) >= 11 is 1.84. The first-order valence-corrected chi connectivity index (χ1v) is 11.7. The number of benzene rings is 2. The van der Waals surface area contributed by atoms with E-state index >= 15 is 0 Å². The van der Waals surface area contributed by atoms with Crippen molar-refractivity contribution in [2.24, 2.45) is 0 Å². The summed E-state index contributed by atoms with van der Waals surface area (Å²) in [6.07, 6.45) is 6.69. The quantitative estimate of drug-likeness (QED) is 0.606. The van der Waals surface area contributed by atoms with E-state index in [1.807, 2.05) is 11.8 Å². The molecular weight excluding hydrogens is 316 g/mol. The lowest BCUT2D eigenvalue weighted by Crippen LogP contribution is -2.32. The number of rotatable bonds is 5. The van der Waals surface area contributed by atoms with Crippen LogP contribution in [0.15, 0.2) is 64.4 Å². The second kappa shape index (κ2) is 6.94. The first kappa shape index (κ1) is 17.0. The molecule has 2 aromatic rings. The average Bonchev–Trinajstić information content (AvgIpc) is 2.99. The molecule has 124 valence electrons. The van der Waals surface area contributed by atoms with Crippen molar-refractivity contribution in [3.63, 3.8) is 0 Å². The smallest absolute Gasteiger partial charge is 0.0122 e. The van der Waals surface area contributed by atoms with Gasteiger partial charge < -0.3 is 0 Å². The van der Waals surface area contributed by atoms with E-state index in [9.17, 15) is 0 Å². The molecule has 1 aliphatic heterocycles. The highest BCUT2D eigenvalue weighted by molar-refractivity contribution is 8.34. The number of hydrogen-bond donors (Lipinski definition) is 0. The molecular formula is C21H28S2. The van der Waals surface area contributed by atoms with Crippen molar-refractivity contribution < 1.29 is 0 Å². The van der Waals surface area contributed by atoms with E-state index in [2.05, 4.69) is 74.7 Å². The van der Waals surface area contributed by atoms with Crippen molar-refractivity contribution in [2.75, 3.05) is 17.8 Å². The van der Waals surface area contributed by atoms with Crippen LogP contribution in [0.3, 0.4) is 0 Å². The van der Waals surface area contributed by atoms with Gasteiger partial charge in [-0.15, -0.1) is 0 Å². The minimum atomic E-state index is -0.444. The Morgan fingerprint density at radius 3 is 2.04 bits per heavy atom. The average molecular weight is 345 g/mol. The van der Waals surface area contributed by atoms with Gasteiger partial charge in [-0.2, -0.15) is 0 Å². The standard InChI is InChI=1S/C21H28S2/c1-21(2,23(3)15-7-8-16-23)17-18-11-13-20(14-12-18)22-19-9-5-4-6-10-19/h4-6,9-14H,7-8,15-17H2,1-3H3. The second-order valence-corrected chi connectivity index (χ2v) is 13.0. The molecule has 1 fully saturated rings. The molecule has 0 amide bonds. The lowest BCUT2D eigenvalue weighted by molar-refractivity contribution is 0.694. The zero-order valence-electron chi connectivity index (χ0n) is 14.5. The molecule has 0 radical (unpaired) electrons. The maximum Gasteiger partial charge on any atom is 0.0122 e. The molecule has 23 heavy (non-hydrogen) atoms. The van der Waals surface area contributed by atoms with Gasteiger partial charge in [-0.05, 0) is 71.6 Å². The van der Waals surface area contributed by atoms with Crippen LogP contribution in [-0.4, -0.2) is 22.5 Å². The van der Waals surface area contributed by atoms with Gasteiger partial charge in [0.15, 0.2) is 0 Å². The molecule has 0 N–H and O–H groups in total. The van der Waals surface area contributed by atoms with E-state index in [1.165, 1.54) is 46.1 Å². The minimum Gasteiger partial charge on any atom is -0.238 e. The fourth-order valence-electron chi connectivity index (χ4n) is 3.46. The number of hydrogen-bond acceptors (Lipinski definition) is 1. The van der Waals surface area contributed by atoms with E-state index in [1.54, 1.807) is 0 Å². The summed E-state index contributed by atoms with van der Waals surface area (Å²) in [4.78, 5) is 2.64. The Balaban J connectivity index is 1.67. The van der Waals surface area contributed by atoms with Gasteiger partial charge in [-0.3, -0.25) is 0 Å². The van der Waals surface area contributed by atoms with Crippen LogP contribution >= 0.6 is 21.8 Å². The van der Waals surface area contributed by atoms with Crippen LogP contribution in [0.4, 0.5) is 0 Å². The summed E-state index contributed by atoms with van der Waals surface area (Å²) < 4.78 is 0.456. The highest BCUT2D eigenvalue weighted by atomic mass is 32.3. The van der Waals surface area contributed by atoms with Crippen molar-refractivity contribution >= 4 is 21.8 Å². The lowest BCUT2D eigenvalue weighted by atomic mass is 10.0. The Morgan fingerprint density at radius 2 is 1.43 bits per heavy atom. The molecule has 0 saturated carbocycles. The van der Waals surface area contributed by atoms with Crippen molar-refractivity contribution in [1.82, 2.24) is 0 Å². The van der Waals surface area contributed by atoms with Crippen LogP contribution in [-0.2, 0) is 6.42 Å². The Hall–Kier alpha value is -0.860. The van der Waals surface area contributed by atoms with Gasteiger partial charge >= 0.3 is 0 Å². The van der Waals surface area contributed by atoms with Crippen LogP contribution in [0.25, 0.3) is 0 Å². The molecule has 0 unspecified atom stereocenters. The summed E-state index contributed by atoms with van der Waals surface area (Å²) in [6.45, 7) is 5.00. The van der Waals surface area contributed by atoms with E-state index in [-0.39, 0.29) is 0 Å². The van der Waals surface area contributed by atoms with Crippen LogP contribution in [0.2, 0.25) is 0 Å². The Bertz CT molecular complexity index is 623. The van der Waals surface area contributed by atoms with Gasteiger partial charge in [-0.1, -0.05) is 55.9 Å². The van der Waals surface area contributed by atoms with Crippen molar-refractivity contribution in [1.29, 1.82) is 0 Å². The van der Waals surface area contributed by atoms with Crippen LogP contribution in [0, 0.1) is 0 Å². The van der Waals surface area contributed by atoms with Crippen molar-refractivity contribution in [2.45, 2.75) is 47.6 Å². The zero-order chi connectivity index (χ0) is 16.3. The lowest BCUT2D eigenvalue weighted by Gasteiger charge is -2.47. The Morgan fingerprint density at radius 1 is 0.870 bits per heavy atom. The molecule has 2 heteroatoms. The van der Waals surface area contributed by atoms with Gasteiger partial charge in [0.05, 0.1) is 0 Å². The fraction of sp³-hybridized carbons (Fsp3) is 0.429. The molecule has 0 nitrogen and oxygen atoms in total. The van der Waals surface area contributed by atoms with Crippen LogP contribution in [0.5, 0.6) is 0 Å². The first-order valence-electron chi connectivity index (χ1n) is 8.54. The SMILES string of the molecule is CC(C)(Cc1ccc(Sc2ccccc2)cc1)S1(C)CCCC1. The van der Waals surface area contributed by atoms with Gasteiger partial charge in [0.25, 0.3) is 0 Å². The molecule has 3 rings (SSSR count). The summed E-state index contributed by atoms with van der Waals surface area (Å²) in [6, 6.07) is 19.9. The zero-order valence-corrected chi connectivity index (χ0v) is 16.2. The van der Waals surface area contributed by atoms with E-state index in [0.717, 1.165) is 0 Å². The molecule has 0 aromatic heterocycles. The highest BCUT2D eigenvalue weighted by Gasteiger charge is 2.38. The molecule has 1 heterocycles. The molecule has 0 atom stereocenters. The van der Waals surface area contributed by atoms with Gasteiger partial charge in [-0.25, -0.2) is 10.0 Å². The third kappa shape index (κ3) is 3.97. The monoisotopic (exact) mass is 344 g/mol. The van der Waals surface area contributed by atoms with Gasteiger partial charge in [0, 0.05) is 9.79 Å². The van der Waals surface area contributed by atoms with Gasteiger partial charge in [0.1, 0.15) is 0 Å². The third-order valence-corrected chi connectivity index (χ3v) is 11.5. The normalized spacial score (nSPS) is 18.7. The summed E-state index contributed by atoms with van der Waals surface area (Å²) in [5.74, 6) is 2.95. The maximum absolute atomic E-state index is 2.58. The Kier molecular flexibility index (Phi) is 5.13. The Labute approximate surface area is 147 Å². The molecule has 0 spiro atoms. The summed E-state index contributed by atoms with van der Waals surface area (Å²) in [5.41, 5.74) is 1.49. The predicted molar refractivity (Wildman–Crippen MR) is 107 cm³/mol. The highest BCUT2D eigenvalue weighted by Crippen LogP contribution is 2.61. The van der Waals surface area contributed by atoms with E-state index in [4.69, 9.17) is 0 Å². The van der Waals surface area contributed by atoms with Crippen molar-refractivity contribution in [3.8, 4) is 0 Å². The third-order valence-electron chi connectivity index (χ3n) is 5.31. The van der Waals surface area contributed by atoms with E-state index in [0.29, 0.717) is 4.75 Å². The fourth-order valence-corrected chi connectivity index (χ4v) is 7.81. The molecule has 1 aliphatic rings. The predicted octanol–water partition coefficient (Wildman–Crippen LogP) is 6.39. The molecule has 0 bridgehead atoms. The summed E-state index contributed by atoms with van der Waals surface area (Å²) in [5, 5.41) is 0. The van der Waals surface area contributed by atoms with Crippen molar-refractivity contribution in [3.05, 3.63) is 60.2 Å². The molecule has 2 aromatic carbocycles. The summed E-state index contributed by atoms with van der Waals surface area (Å²) in [7, 11) is -0.444. The van der Waals surface area contributed by atoms with Gasteiger partial charge in [0.2, 0.25) is 0 Å². The minimum absolute atomic E-state index is 0.444. The topological polar surface area (TPSA) is 0 Å². The van der Waals surface area contributed by atoms with E-state index < -0.39 is 10.0 Å². The second-order valence-electron chi connectivity index (χ2n) is 7.39.